The highest BCUT2D eigenvalue weighted by Gasteiger charge is 1.93. The summed E-state index contributed by atoms with van der Waals surface area (Å²) in [6.45, 7) is 3.59. The molecule has 0 fully saturated rings. The van der Waals surface area contributed by atoms with Gasteiger partial charge in [-0.05, 0) is 44.7 Å². The molecule has 0 aliphatic heterocycles. The van der Waals surface area contributed by atoms with Crippen LogP contribution in [-0.2, 0) is 4.74 Å². The van der Waals surface area contributed by atoms with Crippen LogP contribution in [0.15, 0.2) is 42.7 Å². The van der Waals surface area contributed by atoms with E-state index in [0.29, 0.717) is 0 Å². The molecule has 0 heterocycles. The zero-order chi connectivity index (χ0) is 12.2. The molecule has 0 atom stereocenters. The Labute approximate surface area is 104 Å². The molecule has 0 unspecified atom stereocenters. The van der Waals surface area contributed by atoms with Gasteiger partial charge in [0.1, 0.15) is 5.75 Å². The van der Waals surface area contributed by atoms with Crippen LogP contribution in [0.3, 0.4) is 0 Å². The van der Waals surface area contributed by atoms with Crippen LogP contribution in [0, 0.1) is 0 Å². The number of unbranched alkanes of at least 4 members (excludes halogenated alkanes) is 3. The minimum Gasteiger partial charge on any atom is -0.502 e. The fourth-order valence-corrected chi connectivity index (χ4v) is 1.51. The molecule has 17 heavy (non-hydrogen) atoms. The molecule has 0 saturated carbocycles. The first-order chi connectivity index (χ1) is 8.43. The van der Waals surface area contributed by atoms with E-state index in [0.717, 1.165) is 31.8 Å². The van der Waals surface area contributed by atoms with Crippen molar-refractivity contribution in [1.82, 2.24) is 0 Å². The average Bonchev–Trinajstić information content (AvgIpc) is 2.38. The van der Waals surface area contributed by atoms with Crippen molar-refractivity contribution in [2.75, 3.05) is 13.2 Å². The normalized spacial score (nSPS) is 10.6. The van der Waals surface area contributed by atoms with Crippen LogP contribution in [0.4, 0.5) is 0 Å². The largest absolute Gasteiger partial charge is 0.502 e. The molecule has 0 spiro atoms. The van der Waals surface area contributed by atoms with E-state index in [1.54, 1.807) is 6.26 Å². The Balaban J connectivity index is 1.88. The summed E-state index contributed by atoms with van der Waals surface area (Å²) in [6, 6.07) is 9.97. The van der Waals surface area contributed by atoms with Gasteiger partial charge in [0.2, 0.25) is 0 Å². The van der Waals surface area contributed by atoms with E-state index < -0.39 is 0 Å². The first-order valence-electron chi connectivity index (χ1n) is 6.34. The first kappa shape index (κ1) is 13.6. The molecule has 0 aliphatic carbocycles. The summed E-state index contributed by atoms with van der Waals surface area (Å²) in [7, 11) is 0. The second-order valence-electron chi connectivity index (χ2n) is 3.92. The van der Waals surface area contributed by atoms with Gasteiger partial charge < -0.3 is 9.47 Å². The molecular formula is C15H22O2. The summed E-state index contributed by atoms with van der Waals surface area (Å²) >= 11 is 0. The van der Waals surface area contributed by atoms with Gasteiger partial charge in [0, 0.05) is 0 Å². The fourth-order valence-electron chi connectivity index (χ4n) is 1.51. The maximum atomic E-state index is 5.61. The lowest BCUT2D eigenvalue weighted by Crippen LogP contribution is -1.97. The first-order valence-corrected chi connectivity index (χ1v) is 6.34. The van der Waals surface area contributed by atoms with Gasteiger partial charge in [-0.25, -0.2) is 0 Å². The van der Waals surface area contributed by atoms with Crippen molar-refractivity contribution in [1.29, 1.82) is 0 Å². The Morgan fingerprint density at radius 2 is 1.65 bits per heavy atom. The number of benzene rings is 1. The van der Waals surface area contributed by atoms with E-state index in [-0.39, 0.29) is 0 Å². The quantitative estimate of drug-likeness (QED) is 0.471. The van der Waals surface area contributed by atoms with Crippen molar-refractivity contribution < 1.29 is 9.47 Å². The molecule has 0 bridgehead atoms. The lowest BCUT2D eigenvalue weighted by Gasteiger charge is -2.05. The molecule has 0 saturated heterocycles. The summed E-state index contributed by atoms with van der Waals surface area (Å²) < 4.78 is 10.9. The van der Waals surface area contributed by atoms with E-state index >= 15 is 0 Å². The highest BCUT2D eigenvalue weighted by Crippen LogP contribution is 2.09. The van der Waals surface area contributed by atoms with E-state index in [9.17, 15) is 0 Å². The Kier molecular flexibility index (Phi) is 7.82. The van der Waals surface area contributed by atoms with Gasteiger partial charge in [-0.2, -0.15) is 0 Å². The molecule has 2 nitrogen and oxygen atoms in total. The van der Waals surface area contributed by atoms with Crippen LogP contribution in [0.1, 0.15) is 32.6 Å². The molecule has 2 heteroatoms. The van der Waals surface area contributed by atoms with E-state index in [4.69, 9.17) is 9.47 Å². The Hall–Kier alpha value is -1.44. The lowest BCUT2D eigenvalue weighted by atomic mass is 10.2. The molecule has 1 rings (SSSR count). The lowest BCUT2D eigenvalue weighted by molar-refractivity contribution is 0.237. The summed E-state index contributed by atoms with van der Waals surface area (Å²) in [5, 5.41) is 0. The maximum absolute atomic E-state index is 5.61. The zero-order valence-electron chi connectivity index (χ0n) is 10.6. The number of allylic oxidation sites excluding steroid dienone is 1. The number of rotatable bonds is 9. The third-order valence-corrected chi connectivity index (χ3v) is 2.40. The molecule has 1 aromatic rings. The van der Waals surface area contributed by atoms with E-state index in [1.807, 2.05) is 43.3 Å². The van der Waals surface area contributed by atoms with Crippen molar-refractivity contribution >= 4 is 0 Å². The fraction of sp³-hybridized carbons (Fsp3) is 0.467. The van der Waals surface area contributed by atoms with Crippen LogP contribution >= 0.6 is 0 Å². The number of hydrogen-bond donors (Lipinski definition) is 0. The van der Waals surface area contributed by atoms with Crippen LogP contribution in [0.25, 0.3) is 0 Å². The SMILES string of the molecule is CC=COCCCCCCOc1ccccc1. The van der Waals surface area contributed by atoms with E-state index in [1.165, 1.54) is 12.8 Å². The molecular weight excluding hydrogens is 212 g/mol. The monoisotopic (exact) mass is 234 g/mol. The summed E-state index contributed by atoms with van der Waals surface area (Å²) in [5.74, 6) is 0.962. The number of ether oxygens (including phenoxy) is 2. The van der Waals surface area contributed by atoms with Crippen molar-refractivity contribution in [2.24, 2.45) is 0 Å². The van der Waals surface area contributed by atoms with Crippen LogP contribution in [0.5, 0.6) is 5.75 Å². The second kappa shape index (κ2) is 9.76. The molecule has 0 N–H and O–H groups in total. The number of hydrogen-bond acceptors (Lipinski definition) is 2. The summed E-state index contributed by atoms with van der Waals surface area (Å²) in [4.78, 5) is 0. The van der Waals surface area contributed by atoms with Gasteiger partial charge in [-0.1, -0.05) is 24.3 Å². The molecule has 1 aromatic carbocycles. The third-order valence-electron chi connectivity index (χ3n) is 2.40. The van der Waals surface area contributed by atoms with Gasteiger partial charge in [0.25, 0.3) is 0 Å². The third kappa shape index (κ3) is 7.45. The zero-order valence-corrected chi connectivity index (χ0v) is 10.6. The molecule has 0 amide bonds. The predicted molar refractivity (Wildman–Crippen MR) is 71.2 cm³/mol. The van der Waals surface area contributed by atoms with Gasteiger partial charge >= 0.3 is 0 Å². The van der Waals surface area contributed by atoms with Gasteiger partial charge in [-0.3, -0.25) is 0 Å². The molecule has 0 aromatic heterocycles. The van der Waals surface area contributed by atoms with Gasteiger partial charge in [0.05, 0.1) is 19.5 Å². The molecule has 94 valence electrons. The Morgan fingerprint density at radius 3 is 2.35 bits per heavy atom. The highest BCUT2D eigenvalue weighted by atomic mass is 16.5. The summed E-state index contributed by atoms with van der Waals surface area (Å²) in [5.41, 5.74) is 0. The van der Waals surface area contributed by atoms with Crippen molar-refractivity contribution in [3.8, 4) is 5.75 Å². The van der Waals surface area contributed by atoms with Crippen LogP contribution < -0.4 is 4.74 Å². The van der Waals surface area contributed by atoms with Crippen LogP contribution in [-0.4, -0.2) is 13.2 Å². The smallest absolute Gasteiger partial charge is 0.119 e. The standard InChI is InChI=1S/C15H22O2/c1-2-12-16-13-8-3-4-9-14-17-15-10-6-5-7-11-15/h2,5-7,10-12H,3-4,8-9,13-14H2,1H3. The summed E-state index contributed by atoms with van der Waals surface area (Å²) in [6.07, 6.45) is 8.29. The molecule has 0 radical (unpaired) electrons. The predicted octanol–water partition coefficient (Wildman–Crippen LogP) is 4.18. The highest BCUT2D eigenvalue weighted by molar-refractivity contribution is 5.20. The molecule has 0 aliphatic rings. The van der Waals surface area contributed by atoms with Crippen LogP contribution in [0.2, 0.25) is 0 Å². The Morgan fingerprint density at radius 1 is 0.941 bits per heavy atom. The van der Waals surface area contributed by atoms with Crippen molar-refractivity contribution in [2.45, 2.75) is 32.6 Å². The van der Waals surface area contributed by atoms with Gasteiger partial charge in [0.15, 0.2) is 0 Å². The minimum atomic E-state index is 0.805. The minimum absolute atomic E-state index is 0.805. The second-order valence-corrected chi connectivity index (χ2v) is 3.92. The topological polar surface area (TPSA) is 18.5 Å². The average molecular weight is 234 g/mol. The van der Waals surface area contributed by atoms with Crippen molar-refractivity contribution in [3.63, 3.8) is 0 Å². The number of para-hydroxylation sites is 1. The van der Waals surface area contributed by atoms with Gasteiger partial charge in [-0.15, -0.1) is 0 Å². The maximum Gasteiger partial charge on any atom is 0.119 e. The van der Waals surface area contributed by atoms with Crippen molar-refractivity contribution in [3.05, 3.63) is 42.7 Å². The Bertz CT molecular complexity index is 293. The van der Waals surface area contributed by atoms with E-state index in [2.05, 4.69) is 0 Å².